The molecule has 0 bridgehead atoms. The Kier molecular flexibility index (Phi) is 4.69. The summed E-state index contributed by atoms with van der Waals surface area (Å²) >= 11 is 7.31. The Hall–Kier alpha value is -2.70. The number of thiazole rings is 1. The van der Waals surface area contributed by atoms with Gasteiger partial charge in [-0.2, -0.15) is 4.98 Å². The van der Waals surface area contributed by atoms with Crippen molar-refractivity contribution in [3.63, 3.8) is 0 Å². The van der Waals surface area contributed by atoms with Crippen LogP contribution in [0.1, 0.15) is 10.4 Å². The lowest BCUT2D eigenvalue weighted by molar-refractivity contribution is 0.432. The van der Waals surface area contributed by atoms with Crippen LogP contribution in [0.15, 0.2) is 59.3 Å². The second-order valence-corrected chi connectivity index (χ2v) is 7.50. The van der Waals surface area contributed by atoms with E-state index in [0.717, 1.165) is 27.3 Å². The first kappa shape index (κ1) is 16.8. The highest BCUT2D eigenvalue weighted by molar-refractivity contribution is 7.15. The molecule has 0 atom stereocenters. The van der Waals surface area contributed by atoms with Gasteiger partial charge in [-0.25, -0.2) is 4.98 Å². The first-order valence-corrected chi connectivity index (χ1v) is 9.22. The molecule has 4 aromatic rings. The molecule has 0 saturated carbocycles. The third-order valence-electron chi connectivity index (χ3n) is 3.83. The quantitative estimate of drug-likeness (QED) is 0.498. The van der Waals surface area contributed by atoms with Crippen LogP contribution in [0.3, 0.4) is 0 Å². The summed E-state index contributed by atoms with van der Waals surface area (Å²) < 4.78 is 5.97. The van der Waals surface area contributed by atoms with E-state index in [2.05, 4.69) is 20.4 Å². The van der Waals surface area contributed by atoms with Gasteiger partial charge in [0, 0.05) is 27.9 Å². The number of nitrogens with zero attached hydrogens (tertiary/aromatic N) is 3. The number of aromatic nitrogens is 3. The van der Waals surface area contributed by atoms with Crippen molar-refractivity contribution in [3.05, 3.63) is 69.6 Å². The van der Waals surface area contributed by atoms with E-state index in [1.54, 1.807) is 6.20 Å². The molecule has 26 heavy (non-hydrogen) atoms. The smallest absolute Gasteiger partial charge is 0.258 e. The van der Waals surface area contributed by atoms with Gasteiger partial charge in [-0.05, 0) is 37.3 Å². The number of hydrogen-bond donors (Lipinski definition) is 1. The Morgan fingerprint density at radius 3 is 2.69 bits per heavy atom. The molecule has 2 aromatic heterocycles. The fraction of sp³-hybridized carbons (Fsp3) is 0.105. The maximum Gasteiger partial charge on any atom is 0.258 e. The summed E-state index contributed by atoms with van der Waals surface area (Å²) in [6.07, 6.45) is 1.78. The summed E-state index contributed by atoms with van der Waals surface area (Å²) in [7, 11) is 0. The highest BCUT2D eigenvalue weighted by Gasteiger charge is 2.10. The molecule has 0 amide bonds. The van der Waals surface area contributed by atoms with Crippen molar-refractivity contribution in [2.45, 2.75) is 13.5 Å². The molecule has 7 heteroatoms. The average molecular weight is 383 g/mol. The van der Waals surface area contributed by atoms with Crippen LogP contribution in [0.25, 0.3) is 22.8 Å². The Morgan fingerprint density at radius 1 is 1.12 bits per heavy atom. The van der Waals surface area contributed by atoms with Crippen molar-refractivity contribution in [3.8, 4) is 22.8 Å². The summed E-state index contributed by atoms with van der Waals surface area (Å²) in [5.41, 5.74) is 3.98. The number of aryl methyl sites for hydroxylation is 1. The van der Waals surface area contributed by atoms with Crippen LogP contribution in [0.4, 0.5) is 5.69 Å². The zero-order valence-corrected chi connectivity index (χ0v) is 15.5. The lowest BCUT2D eigenvalue weighted by atomic mass is 10.1. The standard InChI is InChI=1S/C19H15ClN4OS/c1-12-3-2-4-14(9-12)17-23-18(25-24-17)13-5-7-15(8-6-13)21-10-16-11-22-19(20)26-16/h2-9,11,21H,10H2,1H3. The van der Waals surface area contributed by atoms with E-state index in [1.165, 1.54) is 11.3 Å². The van der Waals surface area contributed by atoms with Crippen molar-refractivity contribution in [2.24, 2.45) is 0 Å². The maximum absolute atomic E-state index is 5.84. The fourth-order valence-electron chi connectivity index (χ4n) is 2.53. The largest absolute Gasteiger partial charge is 0.380 e. The van der Waals surface area contributed by atoms with E-state index in [0.29, 0.717) is 22.7 Å². The van der Waals surface area contributed by atoms with Gasteiger partial charge in [0.1, 0.15) is 0 Å². The minimum absolute atomic E-state index is 0.502. The molecule has 0 aliphatic carbocycles. The molecule has 0 radical (unpaired) electrons. The molecule has 130 valence electrons. The molecule has 0 aliphatic rings. The SMILES string of the molecule is Cc1cccc(-c2noc(-c3ccc(NCc4cnc(Cl)s4)cc3)n2)c1. The fourth-order valence-corrected chi connectivity index (χ4v) is 3.44. The van der Waals surface area contributed by atoms with Crippen molar-refractivity contribution < 1.29 is 4.52 Å². The van der Waals surface area contributed by atoms with Crippen LogP contribution >= 0.6 is 22.9 Å². The Labute approximate surface area is 159 Å². The summed E-state index contributed by atoms with van der Waals surface area (Å²) in [5.74, 6) is 1.09. The van der Waals surface area contributed by atoms with Crippen molar-refractivity contribution in [1.29, 1.82) is 0 Å². The van der Waals surface area contributed by atoms with Crippen molar-refractivity contribution >= 4 is 28.6 Å². The van der Waals surface area contributed by atoms with Crippen LogP contribution in [0, 0.1) is 6.92 Å². The molecule has 4 rings (SSSR count). The molecule has 0 fully saturated rings. The van der Waals surface area contributed by atoms with Crippen LogP contribution in [-0.2, 0) is 6.54 Å². The summed E-state index contributed by atoms with van der Waals surface area (Å²) in [4.78, 5) is 9.61. The summed E-state index contributed by atoms with van der Waals surface area (Å²) in [5, 5.41) is 7.42. The molecule has 2 aromatic carbocycles. The third-order valence-corrected chi connectivity index (χ3v) is 4.94. The first-order valence-electron chi connectivity index (χ1n) is 8.03. The van der Waals surface area contributed by atoms with Gasteiger partial charge in [0.2, 0.25) is 5.82 Å². The van der Waals surface area contributed by atoms with E-state index in [9.17, 15) is 0 Å². The Balaban J connectivity index is 1.47. The number of anilines is 1. The van der Waals surface area contributed by atoms with Crippen LogP contribution in [0.5, 0.6) is 0 Å². The Bertz CT molecular complexity index is 1030. The van der Waals surface area contributed by atoms with Gasteiger partial charge < -0.3 is 9.84 Å². The zero-order valence-electron chi connectivity index (χ0n) is 13.9. The van der Waals surface area contributed by atoms with E-state index in [4.69, 9.17) is 16.1 Å². The van der Waals surface area contributed by atoms with Crippen LogP contribution in [-0.4, -0.2) is 15.1 Å². The molecule has 0 aliphatic heterocycles. The number of halogens is 1. The maximum atomic E-state index is 5.84. The number of rotatable bonds is 5. The molecule has 0 unspecified atom stereocenters. The van der Waals surface area contributed by atoms with E-state index >= 15 is 0 Å². The van der Waals surface area contributed by atoms with Gasteiger partial charge in [0.05, 0.1) is 6.54 Å². The topological polar surface area (TPSA) is 63.8 Å². The molecular formula is C19H15ClN4OS. The van der Waals surface area contributed by atoms with Gasteiger partial charge in [-0.15, -0.1) is 11.3 Å². The number of nitrogens with one attached hydrogen (secondary N) is 1. The van der Waals surface area contributed by atoms with Crippen LogP contribution < -0.4 is 5.32 Å². The van der Waals surface area contributed by atoms with E-state index in [1.807, 2.05) is 55.5 Å². The molecule has 1 N–H and O–H groups in total. The van der Waals surface area contributed by atoms with Gasteiger partial charge in [0.15, 0.2) is 4.47 Å². The predicted octanol–water partition coefficient (Wildman–Crippen LogP) is 5.43. The van der Waals surface area contributed by atoms with Gasteiger partial charge in [-0.3, -0.25) is 0 Å². The predicted molar refractivity (Wildman–Crippen MR) is 104 cm³/mol. The van der Waals surface area contributed by atoms with Gasteiger partial charge in [0.25, 0.3) is 5.89 Å². The summed E-state index contributed by atoms with van der Waals surface area (Å²) in [6.45, 7) is 2.72. The second kappa shape index (κ2) is 7.27. The Morgan fingerprint density at radius 2 is 1.96 bits per heavy atom. The summed E-state index contributed by atoms with van der Waals surface area (Å²) in [6, 6.07) is 15.9. The first-order chi connectivity index (χ1) is 12.7. The molecule has 0 spiro atoms. The minimum atomic E-state index is 0.502. The molecular weight excluding hydrogens is 368 g/mol. The lowest BCUT2D eigenvalue weighted by Crippen LogP contribution is -1.96. The van der Waals surface area contributed by atoms with E-state index in [-0.39, 0.29) is 0 Å². The normalized spacial score (nSPS) is 10.8. The monoisotopic (exact) mass is 382 g/mol. The lowest BCUT2D eigenvalue weighted by Gasteiger charge is -2.04. The zero-order chi connectivity index (χ0) is 17.9. The number of hydrogen-bond acceptors (Lipinski definition) is 6. The molecule has 0 saturated heterocycles. The average Bonchev–Trinajstić information content (AvgIpc) is 3.30. The number of benzene rings is 2. The van der Waals surface area contributed by atoms with E-state index < -0.39 is 0 Å². The minimum Gasteiger partial charge on any atom is -0.380 e. The van der Waals surface area contributed by atoms with Crippen LogP contribution in [0.2, 0.25) is 4.47 Å². The second-order valence-electron chi connectivity index (χ2n) is 5.80. The van der Waals surface area contributed by atoms with Crippen molar-refractivity contribution in [2.75, 3.05) is 5.32 Å². The van der Waals surface area contributed by atoms with Gasteiger partial charge >= 0.3 is 0 Å². The highest BCUT2D eigenvalue weighted by atomic mass is 35.5. The third kappa shape index (κ3) is 3.76. The van der Waals surface area contributed by atoms with Gasteiger partial charge in [-0.1, -0.05) is 40.5 Å². The molecule has 5 nitrogen and oxygen atoms in total. The molecule has 2 heterocycles. The highest BCUT2D eigenvalue weighted by Crippen LogP contribution is 2.24. The van der Waals surface area contributed by atoms with Crippen molar-refractivity contribution in [1.82, 2.24) is 15.1 Å².